The third-order valence-electron chi connectivity index (χ3n) is 4.90. The first-order valence-electron chi connectivity index (χ1n) is 9.98. The third-order valence-corrected chi connectivity index (χ3v) is 4.90. The van der Waals surface area contributed by atoms with Crippen LogP contribution in [0.2, 0.25) is 0 Å². The number of nitrogens with one attached hydrogen (secondary N) is 1. The van der Waals surface area contributed by atoms with Crippen molar-refractivity contribution in [1.29, 1.82) is 0 Å². The quantitative estimate of drug-likeness (QED) is 0.397. The topological polar surface area (TPSA) is 126 Å². The summed E-state index contributed by atoms with van der Waals surface area (Å²) in [7, 11) is 0. The van der Waals surface area contributed by atoms with Gasteiger partial charge >= 0.3 is 5.97 Å². The summed E-state index contributed by atoms with van der Waals surface area (Å²) in [5, 5.41) is 22.1. The standard InChI is InChI=1S/C25H19NO7/c27-18-11-17(32-14-22(29)26-24(25(30)31)16-9-5-2-6-10-16)12-21-23(18)19(28)13-20(33-21)15-7-3-1-4-8-15/h1-13,24,27H,14H2,(H,26,29)(H,30,31). The molecule has 1 unspecified atom stereocenters. The first-order chi connectivity index (χ1) is 15.9. The van der Waals surface area contributed by atoms with Gasteiger partial charge in [-0.05, 0) is 5.56 Å². The number of carboxylic acids is 1. The molecule has 0 saturated heterocycles. The number of carbonyl (C=O) groups is 2. The van der Waals surface area contributed by atoms with Gasteiger partial charge in [-0.2, -0.15) is 0 Å². The van der Waals surface area contributed by atoms with Crippen LogP contribution >= 0.6 is 0 Å². The molecule has 0 aliphatic carbocycles. The second kappa shape index (κ2) is 9.27. The maximum Gasteiger partial charge on any atom is 0.330 e. The number of hydrogen-bond acceptors (Lipinski definition) is 6. The van der Waals surface area contributed by atoms with E-state index in [4.69, 9.17) is 9.15 Å². The molecular formula is C25H19NO7. The monoisotopic (exact) mass is 445 g/mol. The van der Waals surface area contributed by atoms with Gasteiger partial charge in [-0.1, -0.05) is 60.7 Å². The zero-order valence-electron chi connectivity index (χ0n) is 17.2. The average Bonchev–Trinajstić information content (AvgIpc) is 2.81. The highest BCUT2D eigenvalue weighted by Crippen LogP contribution is 2.31. The van der Waals surface area contributed by atoms with Crippen molar-refractivity contribution in [3.05, 3.63) is 94.6 Å². The van der Waals surface area contributed by atoms with Crippen LogP contribution in [0.15, 0.2) is 88.1 Å². The fraction of sp³-hybridized carbons (Fsp3) is 0.0800. The zero-order chi connectivity index (χ0) is 23.4. The van der Waals surface area contributed by atoms with E-state index in [1.165, 1.54) is 18.2 Å². The lowest BCUT2D eigenvalue weighted by Crippen LogP contribution is -2.36. The maximum absolute atomic E-state index is 12.5. The summed E-state index contributed by atoms with van der Waals surface area (Å²) in [6, 6.07) is 19.9. The number of carbonyl (C=O) groups excluding carboxylic acids is 1. The van der Waals surface area contributed by atoms with Crippen molar-refractivity contribution >= 4 is 22.8 Å². The number of aliphatic carboxylic acids is 1. The Labute approximate surface area is 187 Å². The van der Waals surface area contributed by atoms with Crippen LogP contribution in [-0.2, 0) is 9.59 Å². The molecule has 0 aliphatic rings. The van der Waals surface area contributed by atoms with Crippen LogP contribution in [0.25, 0.3) is 22.3 Å². The van der Waals surface area contributed by atoms with Gasteiger partial charge in [-0.25, -0.2) is 4.79 Å². The molecule has 1 aromatic heterocycles. The number of fused-ring (bicyclic) bond motifs is 1. The minimum atomic E-state index is -1.24. The van der Waals surface area contributed by atoms with Crippen LogP contribution in [0.3, 0.4) is 0 Å². The number of rotatable bonds is 7. The van der Waals surface area contributed by atoms with E-state index in [0.29, 0.717) is 16.9 Å². The van der Waals surface area contributed by atoms with Gasteiger partial charge < -0.3 is 24.7 Å². The molecule has 1 heterocycles. The second-order valence-electron chi connectivity index (χ2n) is 7.19. The van der Waals surface area contributed by atoms with Gasteiger partial charge in [0.1, 0.15) is 28.2 Å². The maximum atomic E-state index is 12.5. The number of hydrogen-bond donors (Lipinski definition) is 3. The van der Waals surface area contributed by atoms with E-state index in [9.17, 15) is 24.6 Å². The fourth-order valence-corrected chi connectivity index (χ4v) is 3.36. The van der Waals surface area contributed by atoms with E-state index in [-0.39, 0.29) is 22.5 Å². The number of carboxylic acid groups (broad SMARTS) is 1. The summed E-state index contributed by atoms with van der Waals surface area (Å²) < 4.78 is 11.2. The highest BCUT2D eigenvalue weighted by Gasteiger charge is 2.22. The van der Waals surface area contributed by atoms with Crippen LogP contribution in [0.5, 0.6) is 11.5 Å². The fourth-order valence-electron chi connectivity index (χ4n) is 3.36. The molecule has 33 heavy (non-hydrogen) atoms. The van der Waals surface area contributed by atoms with Crippen molar-refractivity contribution in [3.63, 3.8) is 0 Å². The predicted molar refractivity (Wildman–Crippen MR) is 120 cm³/mol. The van der Waals surface area contributed by atoms with Crippen molar-refractivity contribution in [3.8, 4) is 22.8 Å². The van der Waals surface area contributed by atoms with Crippen LogP contribution in [0, 0.1) is 0 Å². The lowest BCUT2D eigenvalue weighted by Gasteiger charge is -2.15. The van der Waals surface area contributed by atoms with E-state index in [1.807, 2.05) is 6.07 Å². The molecule has 8 nitrogen and oxygen atoms in total. The number of phenolic OH excluding ortho intramolecular Hbond substituents is 1. The van der Waals surface area contributed by atoms with E-state index in [2.05, 4.69) is 5.32 Å². The SMILES string of the molecule is O=C(COc1cc(O)c2c(=O)cc(-c3ccccc3)oc2c1)NC(C(=O)O)c1ccccc1. The van der Waals surface area contributed by atoms with Crippen LogP contribution in [-0.4, -0.2) is 28.7 Å². The molecule has 0 spiro atoms. The molecule has 4 rings (SSSR count). The molecule has 0 radical (unpaired) electrons. The Bertz CT molecular complexity index is 1360. The van der Waals surface area contributed by atoms with Crippen molar-refractivity contribution < 1.29 is 29.0 Å². The first-order valence-corrected chi connectivity index (χ1v) is 9.98. The lowest BCUT2D eigenvalue weighted by molar-refractivity contribution is -0.142. The lowest BCUT2D eigenvalue weighted by atomic mass is 10.1. The minimum Gasteiger partial charge on any atom is -0.507 e. The van der Waals surface area contributed by atoms with Crippen LogP contribution in [0.1, 0.15) is 11.6 Å². The zero-order valence-corrected chi connectivity index (χ0v) is 17.2. The molecule has 4 aromatic rings. The van der Waals surface area contributed by atoms with Gasteiger partial charge in [0.2, 0.25) is 0 Å². The summed E-state index contributed by atoms with van der Waals surface area (Å²) in [5.41, 5.74) is 0.757. The number of phenols is 1. The van der Waals surface area contributed by atoms with Crippen LogP contribution in [0.4, 0.5) is 0 Å². The van der Waals surface area contributed by atoms with Crippen LogP contribution < -0.4 is 15.5 Å². The Balaban J connectivity index is 1.54. The molecule has 0 aliphatic heterocycles. The van der Waals surface area contributed by atoms with Gasteiger partial charge in [0.05, 0.1) is 0 Å². The number of benzene rings is 3. The molecule has 0 fully saturated rings. The number of amides is 1. The first kappa shape index (κ1) is 21.6. The van der Waals surface area contributed by atoms with Gasteiger partial charge in [0, 0.05) is 23.8 Å². The Morgan fingerprint density at radius 1 is 0.970 bits per heavy atom. The smallest absolute Gasteiger partial charge is 0.330 e. The normalized spacial score (nSPS) is 11.6. The van der Waals surface area contributed by atoms with Gasteiger partial charge in [-0.3, -0.25) is 9.59 Å². The van der Waals surface area contributed by atoms with Crippen molar-refractivity contribution in [2.75, 3.05) is 6.61 Å². The summed E-state index contributed by atoms with van der Waals surface area (Å²) in [6.07, 6.45) is 0. The predicted octanol–water partition coefficient (Wildman–Crippen LogP) is 3.49. The van der Waals surface area contributed by atoms with E-state index in [1.54, 1.807) is 54.6 Å². The van der Waals surface area contributed by atoms with Crippen molar-refractivity contribution in [2.24, 2.45) is 0 Å². The van der Waals surface area contributed by atoms with Gasteiger partial charge in [-0.15, -0.1) is 0 Å². The van der Waals surface area contributed by atoms with Crippen molar-refractivity contribution in [1.82, 2.24) is 5.32 Å². The summed E-state index contributed by atoms with van der Waals surface area (Å²) in [4.78, 5) is 36.4. The Hall–Kier alpha value is -4.59. The largest absolute Gasteiger partial charge is 0.507 e. The molecule has 8 heteroatoms. The van der Waals surface area contributed by atoms with E-state index >= 15 is 0 Å². The van der Waals surface area contributed by atoms with E-state index in [0.717, 1.165) is 0 Å². The minimum absolute atomic E-state index is 0.0125. The molecular weight excluding hydrogens is 426 g/mol. The Morgan fingerprint density at radius 3 is 2.30 bits per heavy atom. The Kier molecular flexibility index (Phi) is 6.08. The molecule has 1 atom stereocenters. The molecule has 3 aromatic carbocycles. The van der Waals surface area contributed by atoms with Crippen molar-refractivity contribution in [2.45, 2.75) is 6.04 Å². The molecule has 1 amide bonds. The molecule has 3 N–H and O–H groups in total. The summed E-state index contributed by atoms with van der Waals surface area (Å²) in [6.45, 7) is -0.510. The second-order valence-corrected chi connectivity index (χ2v) is 7.19. The number of aromatic hydroxyl groups is 1. The summed E-state index contributed by atoms with van der Waals surface area (Å²) >= 11 is 0. The van der Waals surface area contributed by atoms with Gasteiger partial charge in [0.15, 0.2) is 18.1 Å². The van der Waals surface area contributed by atoms with E-state index < -0.39 is 30.0 Å². The molecule has 0 saturated carbocycles. The Morgan fingerprint density at radius 2 is 1.64 bits per heavy atom. The third kappa shape index (κ3) is 4.85. The molecule has 166 valence electrons. The highest BCUT2D eigenvalue weighted by atomic mass is 16.5. The average molecular weight is 445 g/mol. The molecule has 0 bridgehead atoms. The number of ether oxygens (including phenoxy) is 1. The highest BCUT2D eigenvalue weighted by molar-refractivity contribution is 5.87. The van der Waals surface area contributed by atoms with Gasteiger partial charge in [0.25, 0.3) is 5.91 Å². The summed E-state index contributed by atoms with van der Waals surface area (Å²) in [5.74, 6) is -1.85.